The standard InChI is InChI=1S/C11H6BrClN2O3/c12-7-4-8(15(16)17)6-9(5-7)18-11-3-1-2-10(13)14-11/h1-6H. The van der Waals surface area contributed by atoms with Crippen LogP contribution in [0.15, 0.2) is 40.9 Å². The Hall–Kier alpha value is -1.66. The van der Waals surface area contributed by atoms with Crippen molar-refractivity contribution in [3.63, 3.8) is 0 Å². The molecule has 2 aromatic rings. The first-order valence-electron chi connectivity index (χ1n) is 4.80. The highest BCUT2D eigenvalue weighted by atomic mass is 79.9. The number of hydrogen-bond donors (Lipinski definition) is 0. The first kappa shape index (κ1) is 12.8. The van der Waals surface area contributed by atoms with Crippen LogP contribution in [0.5, 0.6) is 11.6 Å². The molecule has 0 saturated heterocycles. The van der Waals surface area contributed by atoms with Crippen LogP contribution in [0.4, 0.5) is 5.69 Å². The minimum absolute atomic E-state index is 0.0681. The number of rotatable bonds is 3. The van der Waals surface area contributed by atoms with Crippen LogP contribution in [0.2, 0.25) is 5.15 Å². The summed E-state index contributed by atoms with van der Waals surface area (Å²) in [6.45, 7) is 0. The van der Waals surface area contributed by atoms with E-state index in [1.54, 1.807) is 24.3 Å². The van der Waals surface area contributed by atoms with E-state index in [0.29, 0.717) is 10.2 Å². The molecule has 2 rings (SSSR count). The highest BCUT2D eigenvalue weighted by molar-refractivity contribution is 9.10. The lowest BCUT2D eigenvalue weighted by atomic mass is 10.3. The molecule has 1 heterocycles. The number of halogens is 2. The minimum Gasteiger partial charge on any atom is -0.439 e. The molecular formula is C11H6BrClN2O3. The van der Waals surface area contributed by atoms with Crippen LogP contribution in [0.25, 0.3) is 0 Å². The maximum absolute atomic E-state index is 10.7. The molecule has 5 nitrogen and oxygen atoms in total. The fourth-order valence-electron chi connectivity index (χ4n) is 1.28. The third kappa shape index (κ3) is 3.18. The van der Waals surface area contributed by atoms with Gasteiger partial charge < -0.3 is 4.74 Å². The third-order valence-electron chi connectivity index (χ3n) is 1.98. The quantitative estimate of drug-likeness (QED) is 0.481. The summed E-state index contributed by atoms with van der Waals surface area (Å²) in [6, 6.07) is 9.20. The van der Waals surface area contributed by atoms with Crippen LogP contribution in [0.1, 0.15) is 0 Å². The fraction of sp³-hybridized carbons (Fsp3) is 0. The monoisotopic (exact) mass is 328 g/mol. The number of benzene rings is 1. The van der Waals surface area contributed by atoms with E-state index in [1.165, 1.54) is 12.1 Å². The van der Waals surface area contributed by atoms with Gasteiger partial charge in [-0.1, -0.05) is 33.6 Å². The van der Waals surface area contributed by atoms with Gasteiger partial charge in [-0.15, -0.1) is 0 Å². The van der Waals surface area contributed by atoms with Crippen molar-refractivity contribution in [2.75, 3.05) is 0 Å². The van der Waals surface area contributed by atoms with Crippen molar-refractivity contribution < 1.29 is 9.66 Å². The lowest BCUT2D eigenvalue weighted by Gasteiger charge is -2.05. The summed E-state index contributed by atoms with van der Waals surface area (Å²) in [5, 5.41) is 11.0. The Bertz CT molecular complexity index is 607. The van der Waals surface area contributed by atoms with Gasteiger partial charge >= 0.3 is 0 Å². The molecule has 0 aliphatic carbocycles. The molecule has 1 aromatic carbocycles. The Balaban J connectivity index is 2.31. The molecule has 0 N–H and O–H groups in total. The number of aromatic nitrogens is 1. The molecule has 0 fully saturated rings. The third-order valence-corrected chi connectivity index (χ3v) is 2.65. The largest absolute Gasteiger partial charge is 0.439 e. The maximum atomic E-state index is 10.7. The van der Waals surface area contributed by atoms with Gasteiger partial charge in [0.1, 0.15) is 10.9 Å². The van der Waals surface area contributed by atoms with Crippen molar-refractivity contribution in [1.82, 2.24) is 4.98 Å². The lowest BCUT2D eigenvalue weighted by Crippen LogP contribution is -1.91. The number of non-ortho nitro benzene ring substituents is 1. The molecular weight excluding hydrogens is 323 g/mol. The molecule has 0 bridgehead atoms. The van der Waals surface area contributed by atoms with E-state index in [9.17, 15) is 10.1 Å². The van der Waals surface area contributed by atoms with E-state index in [0.717, 1.165) is 0 Å². The second-order valence-corrected chi connectivity index (χ2v) is 4.61. The van der Waals surface area contributed by atoms with Crippen LogP contribution < -0.4 is 4.74 Å². The maximum Gasteiger partial charge on any atom is 0.274 e. The summed E-state index contributed by atoms with van der Waals surface area (Å²) < 4.78 is 5.95. The Labute approximate surface area is 116 Å². The average molecular weight is 330 g/mol. The summed E-state index contributed by atoms with van der Waals surface area (Å²) in [5.41, 5.74) is -0.0681. The van der Waals surface area contributed by atoms with E-state index in [1.807, 2.05) is 0 Å². The summed E-state index contributed by atoms with van der Waals surface area (Å²) in [7, 11) is 0. The van der Waals surface area contributed by atoms with Gasteiger partial charge in [-0.05, 0) is 12.1 Å². The van der Waals surface area contributed by atoms with Crippen LogP contribution in [-0.4, -0.2) is 9.91 Å². The number of pyridine rings is 1. The molecule has 0 spiro atoms. The molecule has 0 atom stereocenters. The normalized spacial score (nSPS) is 10.1. The lowest BCUT2D eigenvalue weighted by molar-refractivity contribution is -0.385. The van der Waals surface area contributed by atoms with Gasteiger partial charge in [0.25, 0.3) is 5.69 Å². The molecule has 0 aliphatic heterocycles. The van der Waals surface area contributed by atoms with Crippen molar-refractivity contribution in [3.05, 3.63) is 56.1 Å². The highest BCUT2D eigenvalue weighted by Gasteiger charge is 2.10. The number of ether oxygens (including phenoxy) is 1. The topological polar surface area (TPSA) is 65.3 Å². The Kier molecular flexibility index (Phi) is 3.78. The summed E-state index contributed by atoms with van der Waals surface area (Å²) in [6.07, 6.45) is 0. The predicted octanol–water partition coefficient (Wildman–Crippen LogP) is 4.20. The van der Waals surface area contributed by atoms with Gasteiger partial charge in [-0.25, -0.2) is 4.98 Å². The van der Waals surface area contributed by atoms with Crippen molar-refractivity contribution in [2.45, 2.75) is 0 Å². The van der Waals surface area contributed by atoms with Gasteiger partial charge in [-0.3, -0.25) is 10.1 Å². The Morgan fingerprint density at radius 2 is 2.11 bits per heavy atom. The minimum atomic E-state index is -0.497. The molecule has 18 heavy (non-hydrogen) atoms. The first-order valence-corrected chi connectivity index (χ1v) is 5.97. The zero-order valence-electron chi connectivity index (χ0n) is 8.84. The van der Waals surface area contributed by atoms with Gasteiger partial charge in [-0.2, -0.15) is 0 Å². The second kappa shape index (κ2) is 5.32. The molecule has 1 aromatic heterocycles. The second-order valence-electron chi connectivity index (χ2n) is 3.30. The van der Waals surface area contributed by atoms with Crippen LogP contribution in [0, 0.1) is 10.1 Å². The molecule has 0 unspecified atom stereocenters. The molecule has 0 aliphatic rings. The van der Waals surface area contributed by atoms with E-state index >= 15 is 0 Å². The van der Waals surface area contributed by atoms with Crippen molar-refractivity contribution in [1.29, 1.82) is 0 Å². The van der Waals surface area contributed by atoms with E-state index in [4.69, 9.17) is 16.3 Å². The SMILES string of the molecule is O=[N+]([O-])c1cc(Br)cc(Oc2cccc(Cl)n2)c1. The number of nitrogens with zero attached hydrogens (tertiary/aromatic N) is 2. The predicted molar refractivity (Wildman–Crippen MR) is 70.1 cm³/mol. The molecule has 0 radical (unpaired) electrons. The molecule has 0 amide bonds. The number of hydrogen-bond acceptors (Lipinski definition) is 4. The smallest absolute Gasteiger partial charge is 0.274 e. The molecule has 0 saturated carbocycles. The van der Waals surface area contributed by atoms with Gasteiger partial charge in [0.05, 0.1) is 11.0 Å². The van der Waals surface area contributed by atoms with Crippen LogP contribution in [-0.2, 0) is 0 Å². The fourth-order valence-corrected chi connectivity index (χ4v) is 1.90. The van der Waals surface area contributed by atoms with Gasteiger partial charge in [0.2, 0.25) is 5.88 Å². The molecule has 7 heteroatoms. The zero-order chi connectivity index (χ0) is 13.1. The number of nitro benzene ring substituents is 1. The first-order chi connectivity index (χ1) is 8.54. The zero-order valence-corrected chi connectivity index (χ0v) is 11.2. The molecule has 92 valence electrons. The highest BCUT2D eigenvalue weighted by Crippen LogP contribution is 2.29. The average Bonchev–Trinajstić information content (AvgIpc) is 2.28. The van der Waals surface area contributed by atoms with Crippen molar-refractivity contribution in [2.24, 2.45) is 0 Å². The van der Waals surface area contributed by atoms with Crippen LogP contribution in [0.3, 0.4) is 0 Å². The van der Waals surface area contributed by atoms with Gasteiger partial charge in [0, 0.05) is 16.6 Å². The summed E-state index contributed by atoms with van der Waals surface area (Å²) in [5.74, 6) is 0.584. The van der Waals surface area contributed by atoms with Crippen molar-refractivity contribution >= 4 is 33.2 Å². The Morgan fingerprint density at radius 3 is 2.78 bits per heavy atom. The van der Waals surface area contributed by atoms with E-state index in [-0.39, 0.29) is 16.7 Å². The Morgan fingerprint density at radius 1 is 1.33 bits per heavy atom. The van der Waals surface area contributed by atoms with Crippen LogP contribution >= 0.6 is 27.5 Å². The summed E-state index contributed by atoms with van der Waals surface area (Å²) >= 11 is 8.89. The van der Waals surface area contributed by atoms with E-state index < -0.39 is 4.92 Å². The number of nitro groups is 1. The van der Waals surface area contributed by atoms with E-state index in [2.05, 4.69) is 20.9 Å². The van der Waals surface area contributed by atoms with Gasteiger partial charge in [0.15, 0.2) is 0 Å². The van der Waals surface area contributed by atoms with Crippen molar-refractivity contribution in [3.8, 4) is 11.6 Å². The summed E-state index contributed by atoms with van der Waals surface area (Å²) in [4.78, 5) is 14.1.